The molecule has 0 aromatic rings. The second-order valence-electron chi connectivity index (χ2n) is 6.14. The molecule has 0 radical (unpaired) electrons. The van der Waals surface area contributed by atoms with Crippen molar-refractivity contribution in [1.29, 1.82) is 5.26 Å². The third kappa shape index (κ3) is 4.47. The highest BCUT2D eigenvalue weighted by atomic mass is 16.7. The molecule has 0 aromatic heterocycles. The molecule has 3 heteroatoms. The van der Waals surface area contributed by atoms with Crippen LogP contribution < -0.4 is 0 Å². The molecule has 0 amide bonds. The van der Waals surface area contributed by atoms with Gasteiger partial charge in [0.2, 0.25) is 0 Å². The van der Waals surface area contributed by atoms with Gasteiger partial charge in [0.05, 0.1) is 19.3 Å². The Hall–Kier alpha value is -0.590. The topological polar surface area (TPSA) is 42.2 Å². The Morgan fingerprint density at radius 1 is 1.05 bits per heavy atom. The van der Waals surface area contributed by atoms with Crippen LogP contribution in [0.25, 0.3) is 0 Å². The molecule has 0 aromatic carbocycles. The van der Waals surface area contributed by atoms with Gasteiger partial charge in [0.1, 0.15) is 0 Å². The summed E-state index contributed by atoms with van der Waals surface area (Å²) in [6.07, 6.45) is 9.34. The lowest BCUT2D eigenvalue weighted by atomic mass is 9.82. The number of nitrogens with zero attached hydrogens (tertiary/aromatic N) is 1. The quantitative estimate of drug-likeness (QED) is 0.708. The first-order chi connectivity index (χ1) is 9.33. The van der Waals surface area contributed by atoms with E-state index in [0.29, 0.717) is 11.8 Å². The summed E-state index contributed by atoms with van der Waals surface area (Å²) in [5.41, 5.74) is 0. The highest BCUT2D eigenvalue weighted by molar-refractivity contribution is 4.88. The van der Waals surface area contributed by atoms with Gasteiger partial charge in [-0.3, -0.25) is 0 Å². The zero-order valence-corrected chi connectivity index (χ0v) is 12.1. The largest absolute Gasteiger partial charge is 0.352 e. The third-order valence-electron chi connectivity index (χ3n) is 4.55. The molecule has 19 heavy (non-hydrogen) atoms. The minimum atomic E-state index is 0.00191. The third-order valence-corrected chi connectivity index (χ3v) is 4.55. The Bertz CT molecular complexity index is 284. The van der Waals surface area contributed by atoms with Crippen molar-refractivity contribution >= 4 is 0 Å². The number of rotatable bonds is 5. The van der Waals surface area contributed by atoms with Crippen LogP contribution in [0.15, 0.2) is 0 Å². The monoisotopic (exact) mass is 265 g/mol. The van der Waals surface area contributed by atoms with Crippen LogP contribution >= 0.6 is 0 Å². The van der Waals surface area contributed by atoms with Crippen molar-refractivity contribution in [1.82, 2.24) is 0 Å². The molecule has 2 aliphatic rings. The molecular weight excluding hydrogens is 238 g/mol. The summed E-state index contributed by atoms with van der Waals surface area (Å²) < 4.78 is 11.8. The summed E-state index contributed by atoms with van der Waals surface area (Å²) in [5, 5.41) is 8.91. The van der Waals surface area contributed by atoms with E-state index in [1.807, 2.05) is 0 Å². The lowest BCUT2D eigenvalue weighted by Crippen LogP contribution is -2.38. The number of nitriles is 1. The normalized spacial score (nSPS) is 35.8. The number of hydrogen-bond acceptors (Lipinski definition) is 3. The highest BCUT2D eigenvalue weighted by Gasteiger charge is 2.32. The molecule has 1 aliphatic carbocycles. The average Bonchev–Trinajstić information content (AvgIpc) is 2.48. The molecule has 1 saturated heterocycles. The van der Waals surface area contributed by atoms with Crippen molar-refractivity contribution in [2.24, 2.45) is 17.8 Å². The van der Waals surface area contributed by atoms with Crippen molar-refractivity contribution in [2.45, 2.75) is 64.6 Å². The molecule has 108 valence electrons. The molecule has 2 rings (SSSR count). The highest BCUT2D eigenvalue weighted by Crippen LogP contribution is 2.34. The first kappa shape index (κ1) is 14.8. The summed E-state index contributed by atoms with van der Waals surface area (Å²) in [6.45, 7) is 3.97. The van der Waals surface area contributed by atoms with E-state index in [1.54, 1.807) is 0 Å². The van der Waals surface area contributed by atoms with Gasteiger partial charge in [-0.25, -0.2) is 0 Å². The van der Waals surface area contributed by atoms with Gasteiger partial charge in [0.25, 0.3) is 0 Å². The van der Waals surface area contributed by atoms with Gasteiger partial charge in [-0.15, -0.1) is 0 Å². The fourth-order valence-electron chi connectivity index (χ4n) is 3.20. The molecule has 0 N–H and O–H groups in total. The minimum absolute atomic E-state index is 0.00191. The molecule has 0 unspecified atom stereocenters. The zero-order valence-electron chi connectivity index (χ0n) is 12.1. The van der Waals surface area contributed by atoms with Crippen LogP contribution in [-0.2, 0) is 9.47 Å². The number of unbranched alkanes of at least 4 members (excludes halogenated alkanes) is 2. The second kappa shape index (κ2) is 7.87. The molecule has 1 saturated carbocycles. The van der Waals surface area contributed by atoms with Crippen LogP contribution in [0.3, 0.4) is 0 Å². The molecule has 0 bridgehead atoms. The fourth-order valence-corrected chi connectivity index (χ4v) is 3.20. The van der Waals surface area contributed by atoms with Crippen molar-refractivity contribution < 1.29 is 9.47 Å². The maximum atomic E-state index is 8.91. The van der Waals surface area contributed by atoms with Gasteiger partial charge in [0, 0.05) is 17.8 Å². The summed E-state index contributed by atoms with van der Waals surface area (Å²) in [4.78, 5) is 0. The van der Waals surface area contributed by atoms with Crippen LogP contribution in [0.5, 0.6) is 0 Å². The lowest BCUT2D eigenvalue weighted by molar-refractivity contribution is -0.229. The SMILES string of the molecule is CCCCCC1COC([C@H]2CC[C@H](C#N)CC2)OC1. The summed E-state index contributed by atoms with van der Waals surface area (Å²) in [6, 6.07) is 2.38. The fraction of sp³-hybridized carbons (Fsp3) is 0.938. The number of hydrogen-bond donors (Lipinski definition) is 0. The van der Waals surface area contributed by atoms with Crippen molar-refractivity contribution in [2.75, 3.05) is 13.2 Å². The van der Waals surface area contributed by atoms with Gasteiger partial charge in [-0.1, -0.05) is 26.2 Å². The van der Waals surface area contributed by atoms with Crippen LogP contribution in [0, 0.1) is 29.1 Å². The lowest BCUT2D eigenvalue weighted by Gasteiger charge is -2.36. The Morgan fingerprint density at radius 2 is 1.74 bits per heavy atom. The van der Waals surface area contributed by atoms with Crippen molar-refractivity contribution in [3.63, 3.8) is 0 Å². The van der Waals surface area contributed by atoms with Crippen molar-refractivity contribution in [3.05, 3.63) is 0 Å². The van der Waals surface area contributed by atoms with Crippen LogP contribution in [-0.4, -0.2) is 19.5 Å². The van der Waals surface area contributed by atoms with Crippen LogP contribution in [0.2, 0.25) is 0 Å². The Morgan fingerprint density at radius 3 is 2.32 bits per heavy atom. The van der Waals surface area contributed by atoms with E-state index in [9.17, 15) is 0 Å². The van der Waals surface area contributed by atoms with Gasteiger partial charge in [0.15, 0.2) is 6.29 Å². The second-order valence-corrected chi connectivity index (χ2v) is 6.14. The first-order valence-corrected chi connectivity index (χ1v) is 7.96. The van der Waals surface area contributed by atoms with E-state index in [-0.39, 0.29) is 12.2 Å². The van der Waals surface area contributed by atoms with Crippen LogP contribution in [0.4, 0.5) is 0 Å². The van der Waals surface area contributed by atoms with Crippen LogP contribution in [0.1, 0.15) is 58.3 Å². The molecule has 1 aliphatic heterocycles. The summed E-state index contributed by atoms with van der Waals surface area (Å²) in [7, 11) is 0. The van der Waals surface area contributed by atoms with Gasteiger partial charge < -0.3 is 9.47 Å². The molecular formula is C16H27NO2. The van der Waals surface area contributed by atoms with E-state index in [1.165, 1.54) is 25.7 Å². The molecule has 0 spiro atoms. The summed E-state index contributed by atoms with van der Waals surface area (Å²) in [5.74, 6) is 1.38. The average molecular weight is 265 g/mol. The van der Waals surface area contributed by atoms with E-state index < -0.39 is 0 Å². The van der Waals surface area contributed by atoms with Crippen molar-refractivity contribution in [3.8, 4) is 6.07 Å². The van der Waals surface area contributed by atoms with E-state index in [4.69, 9.17) is 14.7 Å². The Kier molecular flexibility index (Phi) is 6.13. The molecule has 2 fully saturated rings. The Labute approximate surface area is 117 Å². The maximum Gasteiger partial charge on any atom is 0.160 e. The van der Waals surface area contributed by atoms with E-state index in [2.05, 4.69) is 13.0 Å². The van der Waals surface area contributed by atoms with Gasteiger partial charge >= 0.3 is 0 Å². The standard InChI is InChI=1S/C16H27NO2/c1-2-3-4-5-14-11-18-16(19-12-14)15-8-6-13(10-17)7-9-15/h13-16H,2-9,11-12H2,1H3/t13-,14?,15-,16?. The smallest absolute Gasteiger partial charge is 0.160 e. The molecule has 1 heterocycles. The maximum absolute atomic E-state index is 8.91. The first-order valence-electron chi connectivity index (χ1n) is 7.96. The predicted octanol–water partition coefficient (Wildman–Crippen LogP) is 3.89. The van der Waals surface area contributed by atoms with E-state index in [0.717, 1.165) is 38.9 Å². The minimum Gasteiger partial charge on any atom is -0.352 e. The van der Waals surface area contributed by atoms with Gasteiger partial charge in [-0.2, -0.15) is 5.26 Å². The zero-order chi connectivity index (χ0) is 13.5. The summed E-state index contributed by atoms with van der Waals surface area (Å²) >= 11 is 0. The van der Waals surface area contributed by atoms with Gasteiger partial charge in [-0.05, 0) is 32.1 Å². The number of ether oxygens (including phenoxy) is 2. The molecule has 0 atom stereocenters. The molecule has 3 nitrogen and oxygen atoms in total. The Balaban J connectivity index is 1.65. The predicted molar refractivity (Wildman–Crippen MR) is 74.4 cm³/mol. The van der Waals surface area contributed by atoms with E-state index >= 15 is 0 Å².